The van der Waals surface area contributed by atoms with E-state index in [1.54, 1.807) is 31.4 Å². The van der Waals surface area contributed by atoms with Gasteiger partial charge in [-0.3, -0.25) is 19.8 Å². The topological polar surface area (TPSA) is 109 Å². The van der Waals surface area contributed by atoms with E-state index in [-0.39, 0.29) is 30.4 Å². The van der Waals surface area contributed by atoms with E-state index < -0.39 is 6.03 Å². The lowest BCUT2D eigenvalue weighted by atomic mass is 9.96. The number of methoxy groups -OCH3 is 1. The van der Waals surface area contributed by atoms with Crippen LogP contribution in [0.15, 0.2) is 24.3 Å². The number of anilines is 1. The van der Waals surface area contributed by atoms with Gasteiger partial charge in [-0.15, -0.1) is 0 Å². The van der Waals surface area contributed by atoms with Crippen molar-refractivity contribution in [3.8, 4) is 5.75 Å². The first-order valence-corrected chi connectivity index (χ1v) is 10.7. The Morgan fingerprint density at radius 1 is 1.13 bits per heavy atom. The maximum absolute atomic E-state index is 12.3. The Morgan fingerprint density at radius 3 is 2.42 bits per heavy atom. The molecule has 1 aromatic rings. The third-order valence-corrected chi connectivity index (χ3v) is 5.00. The van der Waals surface area contributed by atoms with E-state index in [9.17, 15) is 14.4 Å². The lowest BCUT2D eigenvalue weighted by molar-refractivity contribution is -0.126. The minimum absolute atomic E-state index is 0.0382. The quantitative estimate of drug-likeness (QED) is 0.486. The molecule has 1 aliphatic rings. The molecule has 0 aromatic heterocycles. The van der Waals surface area contributed by atoms with Crippen molar-refractivity contribution in [2.75, 3.05) is 45.2 Å². The zero-order valence-corrected chi connectivity index (χ0v) is 18.6. The van der Waals surface area contributed by atoms with Crippen LogP contribution in [0.3, 0.4) is 0 Å². The molecule has 1 heterocycles. The Balaban J connectivity index is 1.62. The molecule has 3 N–H and O–H groups in total. The molecule has 1 saturated heterocycles. The number of likely N-dealkylation sites (tertiary alicyclic amines) is 1. The zero-order chi connectivity index (χ0) is 22.6. The van der Waals surface area contributed by atoms with Gasteiger partial charge < -0.3 is 20.1 Å². The average Bonchev–Trinajstić information content (AvgIpc) is 2.74. The highest BCUT2D eigenvalue weighted by atomic mass is 16.5. The molecule has 9 heteroatoms. The molecule has 4 amide bonds. The zero-order valence-electron chi connectivity index (χ0n) is 18.6. The first kappa shape index (κ1) is 24.6. The minimum Gasteiger partial charge on any atom is -0.497 e. The summed E-state index contributed by atoms with van der Waals surface area (Å²) >= 11 is 0. The van der Waals surface area contributed by atoms with Crippen molar-refractivity contribution in [3.63, 3.8) is 0 Å². The molecular formula is C22H34N4O5. The van der Waals surface area contributed by atoms with Gasteiger partial charge in [0.25, 0.3) is 0 Å². The van der Waals surface area contributed by atoms with Gasteiger partial charge in [-0.25, -0.2) is 4.79 Å². The Labute approximate surface area is 183 Å². The van der Waals surface area contributed by atoms with Crippen molar-refractivity contribution in [2.24, 2.45) is 5.92 Å². The third kappa shape index (κ3) is 9.35. The highest BCUT2D eigenvalue weighted by Gasteiger charge is 2.26. The molecule has 0 spiro atoms. The highest BCUT2D eigenvalue weighted by Crippen LogP contribution is 2.17. The number of rotatable bonds is 10. The molecule has 172 valence electrons. The molecule has 2 rings (SSSR count). The number of urea groups is 1. The number of nitrogens with zero attached hydrogens (tertiary/aromatic N) is 1. The molecular weight excluding hydrogens is 400 g/mol. The number of benzene rings is 1. The van der Waals surface area contributed by atoms with E-state index in [1.807, 2.05) is 18.7 Å². The summed E-state index contributed by atoms with van der Waals surface area (Å²) in [4.78, 5) is 38.4. The van der Waals surface area contributed by atoms with Crippen molar-refractivity contribution in [1.29, 1.82) is 0 Å². The third-order valence-electron chi connectivity index (χ3n) is 5.00. The number of nitrogens with one attached hydrogen (secondary N) is 3. The van der Waals surface area contributed by atoms with Crippen molar-refractivity contribution in [2.45, 2.75) is 39.2 Å². The van der Waals surface area contributed by atoms with Crippen LogP contribution in [-0.4, -0.2) is 68.7 Å². The number of carbonyl (C=O) groups is 3. The summed E-state index contributed by atoms with van der Waals surface area (Å²) in [5, 5.41) is 7.90. The summed E-state index contributed by atoms with van der Waals surface area (Å²) in [6.07, 6.45) is 2.38. The molecule has 0 aliphatic carbocycles. The van der Waals surface area contributed by atoms with Crippen molar-refractivity contribution in [1.82, 2.24) is 15.5 Å². The molecule has 0 unspecified atom stereocenters. The van der Waals surface area contributed by atoms with Gasteiger partial charge in [-0.05, 0) is 70.5 Å². The number of carbonyl (C=O) groups excluding carboxylic acids is 3. The van der Waals surface area contributed by atoms with Crippen LogP contribution >= 0.6 is 0 Å². The summed E-state index contributed by atoms with van der Waals surface area (Å²) in [5.41, 5.74) is 0.564. The summed E-state index contributed by atoms with van der Waals surface area (Å²) in [7, 11) is 1.56. The lowest BCUT2D eigenvalue weighted by Crippen LogP contribution is -2.46. The summed E-state index contributed by atoms with van der Waals surface area (Å²) < 4.78 is 10.5. The average molecular weight is 435 g/mol. The van der Waals surface area contributed by atoms with Crippen LogP contribution in [0.2, 0.25) is 0 Å². The lowest BCUT2D eigenvalue weighted by Gasteiger charge is -2.30. The predicted molar refractivity (Wildman–Crippen MR) is 118 cm³/mol. The number of ether oxygens (including phenoxy) is 2. The van der Waals surface area contributed by atoms with E-state index in [0.29, 0.717) is 50.5 Å². The van der Waals surface area contributed by atoms with E-state index in [4.69, 9.17) is 9.47 Å². The molecule has 0 atom stereocenters. The smallest absolute Gasteiger partial charge is 0.325 e. The normalized spacial score (nSPS) is 14.8. The van der Waals surface area contributed by atoms with Crippen molar-refractivity contribution >= 4 is 23.5 Å². The van der Waals surface area contributed by atoms with Gasteiger partial charge in [0.2, 0.25) is 11.8 Å². The van der Waals surface area contributed by atoms with Gasteiger partial charge in [-0.2, -0.15) is 0 Å². The first-order valence-electron chi connectivity index (χ1n) is 10.7. The maximum Gasteiger partial charge on any atom is 0.325 e. The first-order chi connectivity index (χ1) is 14.9. The Morgan fingerprint density at radius 2 is 1.81 bits per heavy atom. The van der Waals surface area contributed by atoms with E-state index in [2.05, 4.69) is 16.0 Å². The van der Waals surface area contributed by atoms with Crippen LogP contribution in [-0.2, 0) is 14.3 Å². The standard InChI is InChI=1S/C22H34N4O5/c1-16(2)31-14-4-11-23-21(28)17-9-12-26(13-10-17)15-20(27)25-22(29)24-18-5-7-19(30-3)8-6-18/h5-8,16-17H,4,9-15H2,1-3H3,(H,23,28)(H2,24,25,27,29). The Kier molecular flexibility index (Phi) is 10.3. The van der Waals surface area contributed by atoms with E-state index in [0.717, 1.165) is 6.42 Å². The number of imide groups is 1. The second kappa shape index (κ2) is 12.9. The second-order valence-electron chi connectivity index (χ2n) is 7.85. The van der Waals surface area contributed by atoms with Gasteiger partial charge in [0.15, 0.2) is 0 Å². The van der Waals surface area contributed by atoms with E-state index in [1.165, 1.54) is 0 Å². The monoisotopic (exact) mass is 434 g/mol. The van der Waals surface area contributed by atoms with Gasteiger partial charge in [0.1, 0.15) is 5.75 Å². The van der Waals surface area contributed by atoms with Gasteiger partial charge in [-0.1, -0.05) is 0 Å². The fourth-order valence-electron chi connectivity index (χ4n) is 3.31. The van der Waals surface area contributed by atoms with Crippen molar-refractivity contribution < 1.29 is 23.9 Å². The van der Waals surface area contributed by atoms with Crippen LogP contribution in [0.25, 0.3) is 0 Å². The van der Waals surface area contributed by atoms with E-state index >= 15 is 0 Å². The maximum atomic E-state index is 12.3. The second-order valence-corrected chi connectivity index (χ2v) is 7.85. The number of hydrogen-bond donors (Lipinski definition) is 3. The summed E-state index contributed by atoms with van der Waals surface area (Å²) in [6.45, 7) is 6.62. The van der Waals surface area contributed by atoms with Crippen molar-refractivity contribution in [3.05, 3.63) is 24.3 Å². The van der Waals surface area contributed by atoms with Gasteiger partial charge in [0, 0.05) is 24.8 Å². The van der Waals surface area contributed by atoms with Gasteiger partial charge in [0.05, 0.1) is 19.8 Å². The molecule has 1 aromatic carbocycles. The number of hydrogen-bond acceptors (Lipinski definition) is 6. The molecule has 1 aliphatic heterocycles. The molecule has 31 heavy (non-hydrogen) atoms. The van der Waals surface area contributed by atoms with Crippen LogP contribution in [0, 0.1) is 5.92 Å². The number of piperidine rings is 1. The SMILES string of the molecule is COc1ccc(NC(=O)NC(=O)CN2CCC(C(=O)NCCCOC(C)C)CC2)cc1. The minimum atomic E-state index is -0.578. The molecule has 1 fully saturated rings. The number of amides is 4. The molecule has 0 saturated carbocycles. The fraction of sp³-hybridized carbons (Fsp3) is 0.591. The van der Waals surface area contributed by atoms with Crippen LogP contribution in [0.4, 0.5) is 10.5 Å². The summed E-state index contributed by atoms with van der Waals surface area (Å²) in [5.74, 6) is 0.328. The fourth-order valence-corrected chi connectivity index (χ4v) is 3.31. The Bertz CT molecular complexity index is 715. The summed E-state index contributed by atoms with van der Waals surface area (Å²) in [6, 6.07) is 6.24. The van der Waals surface area contributed by atoms with Gasteiger partial charge >= 0.3 is 6.03 Å². The Hall–Kier alpha value is -2.65. The van der Waals surface area contributed by atoms with Crippen LogP contribution in [0.5, 0.6) is 5.75 Å². The predicted octanol–water partition coefficient (Wildman–Crippen LogP) is 1.99. The van der Waals surface area contributed by atoms with Crippen LogP contribution in [0.1, 0.15) is 33.1 Å². The molecule has 0 bridgehead atoms. The van der Waals surface area contributed by atoms with Crippen LogP contribution < -0.4 is 20.7 Å². The molecule has 0 radical (unpaired) electrons. The molecule has 9 nitrogen and oxygen atoms in total. The largest absolute Gasteiger partial charge is 0.497 e. The highest BCUT2D eigenvalue weighted by molar-refractivity contribution is 6.01.